The summed E-state index contributed by atoms with van der Waals surface area (Å²) < 4.78 is 13.0. The molecule has 0 saturated heterocycles. The summed E-state index contributed by atoms with van der Waals surface area (Å²) in [6.07, 6.45) is 1.05. The Hall–Kier alpha value is -0.720. The van der Waals surface area contributed by atoms with E-state index in [9.17, 15) is 9.00 Å². The Labute approximate surface area is 137 Å². The Kier molecular flexibility index (Phi) is 8.80. The van der Waals surface area contributed by atoms with E-state index in [1.807, 2.05) is 38.1 Å². The van der Waals surface area contributed by atoms with Gasteiger partial charge in [0, 0.05) is 34.1 Å². The minimum atomic E-state index is -1.04. The maximum absolute atomic E-state index is 12.0. The molecule has 2 atom stereocenters. The van der Waals surface area contributed by atoms with Crippen molar-refractivity contribution in [1.82, 2.24) is 10.6 Å². The van der Waals surface area contributed by atoms with E-state index in [2.05, 4.69) is 26.6 Å². The first-order valence-electron chi connectivity index (χ1n) is 7.17. The van der Waals surface area contributed by atoms with Gasteiger partial charge in [-0.25, -0.2) is 0 Å². The number of halogens is 1. The number of nitrogens with one attached hydrogen (secondary N) is 2. The molecule has 0 heterocycles. The van der Waals surface area contributed by atoms with Gasteiger partial charge in [-0.1, -0.05) is 22.9 Å². The third-order valence-electron chi connectivity index (χ3n) is 2.97. The van der Waals surface area contributed by atoms with E-state index < -0.39 is 10.8 Å². The summed E-state index contributed by atoms with van der Waals surface area (Å²) in [5.74, 6) is 0.533. The van der Waals surface area contributed by atoms with Gasteiger partial charge in [-0.2, -0.15) is 0 Å². The standard InChI is InChI=1S/C15H23BrN2O2S/c1-3-17-12(2)11-18-15(19)5-4-10-21(20)14-8-6-13(16)7-9-14/h6-9,12,17H,3-5,10-11H2,1-2H3,(H,18,19)/t12-,21?/m1/s1. The van der Waals surface area contributed by atoms with Crippen LogP contribution in [0.4, 0.5) is 0 Å². The van der Waals surface area contributed by atoms with Crippen LogP contribution in [0, 0.1) is 0 Å². The van der Waals surface area contributed by atoms with E-state index >= 15 is 0 Å². The summed E-state index contributed by atoms with van der Waals surface area (Å²) in [6.45, 7) is 5.59. The van der Waals surface area contributed by atoms with Crippen molar-refractivity contribution >= 4 is 32.6 Å². The van der Waals surface area contributed by atoms with Gasteiger partial charge < -0.3 is 10.6 Å². The monoisotopic (exact) mass is 374 g/mol. The van der Waals surface area contributed by atoms with Crippen molar-refractivity contribution in [3.8, 4) is 0 Å². The molecule has 0 radical (unpaired) electrons. The molecule has 118 valence electrons. The average molecular weight is 375 g/mol. The molecule has 0 aromatic heterocycles. The number of likely N-dealkylation sites (N-methyl/N-ethyl adjacent to an activating group) is 1. The Morgan fingerprint density at radius 3 is 2.62 bits per heavy atom. The lowest BCUT2D eigenvalue weighted by molar-refractivity contribution is -0.121. The molecule has 6 heteroatoms. The summed E-state index contributed by atoms with van der Waals surface area (Å²) in [5.41, 5.74) is 0. The Morgan fingerprint density at radius 2 is 2.00 bits per heavy atom. The first-order valence-corrected chi connectivity index (χ1v) is 9.28. The molecule has 0 spiro atoms. The van der Waals surface area contributed by atoms with Gasteiger partial charge in [0.15, 0.2) is 0 Å². The summed E-state index contributed by atoms with van der Waals surface area (Å²) in [6, 6.07) is 7.72. The highest BCUT2D eigenvalue weighted by molar-refractivity contribution is 9.10. The molecule has 1 amide bonds. The van der Waals surface area contributed by atoms with E-state index in [1.165, 1.54) is 0 Å². The largest absolute Gasteiger partial charge is 0.355 e. The first kappa shape index (κ1) is 18.3. The first-order chi connectivity index (χ1) is 10.0. The maximum atomic E-state index is 12.0. The lowest BCUT2D eigenvalue weighted by Crippen LogP contribution is -2.38. The number of hydrogen-bond acceptors (Lipinski definition) is 3. The van der Waals surface area contributed by atoms with Crippen LogP contribution in [0.5, 0.6) is 0 Å². The van der Waals surface area contributed by atoms with Crippen LogP contribution in [0.3, 0.4) is 0 Å². The van der Waals surface area contributed by atoms with Gasteiger partial charge in [0.25, 0.3) is 0 Å². The molecular weight excluding hydrogens is 352 g/mol. The second-order valence-electron chi connectivity index (χ2n) is 4.87. The SMILES string of the molecule is CCN[C@H](C)CNC(=O)CCCS(=O)c1ccc(Br)cc1. The molecule has 0 aliphatic heterocycles. The fraction of sp³-hybridized carbons (Fsp3) is 0.533. The number of carbonyl (C=O) groups is 1. The summed E-state index contributed by atoms with van der Waals surface area (Å²) in [4.78, 5) is 12.5. The Balaban J connectivity index is 2.22. The second kappa shape index (κ2) is 10.1. The molecule has 1 unspecified atom stereocenters. The Bertz CT molecular complexity index is 465. The maximum Gasteiger partial charge on any atom is 0.220 e. The number of benzene rings is 1. The Morgan fingerprint density at radius 1 is 1.33 bits per heavy atom. The van der Waals surface area contributed by atoms with E-state index in [0.717, 1.165) is 15.9 Å². The highest BCUT2D eigenvalue weighted by Crippen LogP contribution is 2.14. The van der Waals surface area contributed by atoms with Crippen LogP contribution in [-0.2, 0) is 15.6 Å². The average Bonchev–Trinajstić information content (AvgIpc) is 2.46. The summed E-state index contributed by atoms with van der Waals surface area (Å²) in [7, 11) is -1.04. The predicted octanol–water partition coefficient (Wildman–Crippen LogP) is 2.45. The van der Waals surface area contributed by atoms with Crippen LogP contribution in [0.25, 0.3) is 0 Å². The fourth-order valence-electron chi connectivity index (χ4n) is 1.84. The lowest BCUT2D eigenvalue weighted by Gasteiger charge is -2.13. The van der Waals surface area contributed by atoms with Crippen molar-refractivity contribution in [3.05, 3.63) is 28.7 Å². The van der Waals surface area contributed by atoms with Crippen LogP contribution < -0.4 is 10.6 Å². The summed E-state index contributed by atoms with van der Waals surface area (Å²) >= 11 is 3.35. The van der Waals surface area contributed by atoms with Gasteiger partial charge in [0.2, 0.25) is 5.91 Å². The molecule has 0 saturated carbocycles. The zero-order valence-electron chi connectivity index (χ0n) is 12.5. The molecule has 0 aliphatic carbocycles. The molecule has 0 aliphatic rings. The van der Waals surface area contributed by atoms with E-state index in [4.69, 9.17) is 0 Å². The third kappa shape index (κ3) is 7.74. The van der Waals surface area contributed by atoms with Crippen molar-refractivity contribution in [2.75, 3.05) is 18.8 Å². The van der Waals surface area contributed by atoms with Crippen LogP contribution >= 0.6 is 15.9 Å². The molecule has 1 aromatic carbocycles. The molecule has 1 aromatic rings. The minimum absolute atomic E-state index is 0.0209. The minimum Gasteiger partial charge on any atom is -0.355 e. The van der Waals surface area contributed by atoms with E-state index in [1.54, 1.807) is 0 Å². The highest BCUT2D eigenvalue weighted by atomic mass is 79.9. The third-order valence-corrected chi connectivity index (χ3v) is 4.95. The van der Waals surface area contributed by atoms with Crippen molar-refractivity contribution < 1.29 is 9.00 Å². The molecular formula is C15H23BrN2O2S. The van der Waals surface area contributed by atoms with Gasteiger partial charge in [0.1, 0.15) is 0 Å². The van der Waals surface area contributed by atoms with E-state index in [-0.39, 0.29) is 11.9 Å². The van der Waals surface area contributed by atoms with Crippen molar-refractivity contribution in [1.29, 1.82) is 0 Å². The van der Waals surface area contributed by atoms with Crippen molar-refractivity contribution in [2.24, 2.45) is 0 Å². The molecule has 1 rings (SSSR count). The van der Waals surface area contributed by atoms with Crippen LogP contribution in [0.2, 0.25) is 0 Å². The highest BCUT2D eigenvalue weighted by Gasteiger charge is 2.07. The quantitative estimate of drug-likeness (QED) is 0.697. The molecule has 0 bridgehead atoms. The van der Waals surface area contributed by atoms with Crippen molar-refractivity contribution in [3.63, 3.8) is 0 Å². The molecule has 2 N–H and O–H groups in total. The van der Waals surface area contributed by atoms with Gasteiger partial charge in [-0.05, 0) is 44.2 Å². The van der Waals surface area contributed by atoms with Crippen LogP contribution in [0.1, 0.15) is 26.7 Å². The van der Waals surface area contributed by atoms with Crippen molar-refractivity contribution in [2.45, 2.75) is 37.6 Å². The zero-order valence-corrected chi connectivity index (χ0v) is 14.9. The van der Waals surface area contributed by atoms with Gasteiger partial charge in [0.05, 0.1) is 10.8 Å². The molecule has 21 heavy (non-hydrogen) atoms. The lowest BCUT2D eigenvalue weighted by atomic mass is 10.3. The van der Waals surface area contributed by atoms with Gasteiger partial charge >= 0.3 is 0 Å². The zero-order chi connectivity index (χ0) is 15.7. The van der Waals surface area contributed by atoms with Gasteiger partial charge in [-0.3, -0.25) is 9.00 Å². The number of carbonyl (C=O) groups excluding carboxylic acids is 1. The van der Waals surface area contributed by atoms with Crippen LogP contribution in [-0.4, -0.2) is 35.0 Å². The van der Waals surface area contributed by atoms with Crippen LogP contribution in [0.15, 0.2) is 33.6 Å². The number of hydrogen-bond donors (Lipinski definition) is 2. The van der Waals surface area contributed by atoms with E-state index in [0.29, 0.717) is 25.1 Å². The predicted molar refractivity (Wildman–Crippen MR) is 90.8 cm³/mol. The smallest absolute Gasteiger partial charge is 0.220 e. The normalized spacial score (nSPS) is 13.7. The number of amides is 1. The fourth-order valence-corrected chi connectivity index (χ4v) is 3.19. The summed E-state index contributed by atoms with van der Waals surface area (Å²) in [5, 5.41) is 6.12. The van der Waals surface area contributed by atoms with Gasteiger partial charge in [-0.15, -0.1) is 0 Å². The second-order valence-corrected chi connectivity index (χ2v) is 7.36. The topological polar surface area (TPSA) is 58.2 Å². The number of rotatable bonds is 9. The molecule has 0 fully saturated rings. The molecule has 4 nitrogen and oxygen atoms in total.